The fourth-order valence-electron chi connectivity index (χ4n) is 5.26. The molecule has 3 aromatic rings. The Balaban J connectivity index is 1.08. The van der Waals surface area contributed by atoms with E-state index in [2.05, 4.69) is 25.0 Å². The Morgan fingerprint density at radius 3 is 2.11 bits per heavy atom. The summed E-state index contributed by atoms with van der Waals surface area (Å²) in [5.74, 6) is -0.0687. The van der Waals surface area contributed by atoms with Gasteiger partial charge in [0, 0.05) is 51.5 Å². The number of nitrogens with zero attached hydrogens (tertiary/aromatic N) is 4. The highest BCUT2D eigenvalue weighted by molar-refractivity contribution is 6.33. The van der Waals surface area contributed by atoms with Crippen LogP contribution in [0.25, 0.3) is 0 Å². The van der Waals surface area contributed by atoms with Crippen molar-refractivity contribution in [3.63, 3.8) is 0 Å². The van der Waals surface area contributed by atoms with Gasteiger partial charge in [-0.25, -0.2) is 13.8 Å². The van der Waals surface area contributed by atoms with E-state index < -0.39 is 0 Å². The Morgan fingerprint density at radius 1 is 0.895 bits per heavy atom. The van der Waals surface area contributed by atoms with E-state index in [0.717, 1.165) is 69.8 Å². The molecule has 1 aromatic heterocycles. The van der Waals surface area contributed by atoms with Gasteiger partial charge in [0.2, 0.25) is 0 Å². The normalized spacial score (nSPS) is 17.5. The third-order valence-corrected chi connectivity index (χ3v) is 7.74. The van der Waals surface area contributed by atoms with Crippen molar-refractivity contribution in [3.05, 3.63) is 94.1 Å². The van der Waals surface area contributed by atoms with E-state index in [9.17, 15) is 13.6 Å². The lowest BCUT2D eigenvalue weighted by molar-refractivity contribution is 0.0950. The molecule has 0 unspecified atom stereocenters. The molecule has 1 N–H and O–H groups in total. The van der Waals surface area contributed by atoms with Gasteiger partial charge in [-0.05, 0) is 67.4 Å². The number of carbonyl (C=O) groups excluding carboxylic acids is 1. The number of halogens is 3. The van der Waals surface area contributed by atoms with E-state index >= 15 is 0 Å². The monoisotopic (exact) mass is 539 g/mol. The highest BCUT2D eigenvalue weighted by Gasteiger charge is 2.28. The number of piperazine rings is 1. The summed E-state index contributed by atoms with van der Waals surface area (Å²) in [5, 5.41) is 3.28. The molecule has 2 aliphatic rings. The van der Waals surface area contributed by atoms with Crippen LogP contribution in [0, 0.1) is 11.6 Å². The molecule has 0 bridgehead atoms. The smallest absolute Gasteiger partial charge is 0.253 e. The number of likely N-dealkylation sites (tertiary alicyclic amines) is 1. The Hall–Kier alpha value is -3.07. The Labute approximate surface area is 227 Å². The van der Waals surface area contributed by atoms with Gasteiger partial charge in [-0.2, -0.15) is 0 Å². The number of nitrogens with one attached hydrogen (secondary N) is 1. The second-order valence-corrected chi connectivity index (χ2v) is 10.4. The molecule has 3 heterocycles. The average molecular weight is 540 g/mol. The van der Waals surface area contributed by atoms with Crippen LogP contribution in [0.3, 0.4) is 0 Å². The SMILES string of the molecule is O=C(NCc1ccc(F)cc1)c1cnc(N2CCN(C3CCN(Cc4ccc(F)cc4)CC3)CC2)c(Cl)c1. The first-order valence-electron chi connectivity index (χ1n) is 13.1. The van der Waals surface area contributed by atoms with Crippen LogP contribution in [0.1, 0.15) is 34.3 Å². The minimum atomic E-state index is -0.309. The molecule has 2 aromatic carbocycles. The van der Waals surface area contributed by atoms with E-state index in [1.807, 2.05) is 12.1 Å². The summed E-state index contributed by atoms with van der Waals surface area (Å²) in [5.41, 5.74) is 2.36. The van der Waals surface area contributed by atoms with Crippen LogP contribution >= 0.6 is 11.6 Å². The molecular formula is C29H32ClF2N5O. The third kappa shape index (κ3) is 6.67. The van der Waals surface area contributed by atoms with Gasteiger partial charge >= 0.3 is 0 Å². The van der Waals surface area contributed by atoms with Crippen molar-refractivity contribution in [2.75, 3.05) is 44.2 Å². The predicted octanol–water partition coefficient (Wildman–Crippen LogP) is 4.73. The molecule has 0 radical (unpaired) electrons. The maximum absolute atomic E-state index is 13.2. The van der Waals surface area contributed by atoms with Gasteiger partial charge in [-0.1, -0.05) is 35.9 Å². The van der Waals surface area contributed by atoms with Gasteiger partial charge in [-0.3, -0.25) is 14.6 Å². The van der Waals surface area contributed by atoms with E-state index in [4.69, 9.17) is 11.6 Å². The van der Waals surface area contributed by atoms with E-state index in [1.165, 1.54) is 24.3 Å². The third-order valence-electron chi connectivity index (χ3n) is 7.46. The fourth-order valence-corrected chi connectivity index (χ4v) is 5.55. The zero-order valence-electron chi connectivity index (χ0n) is 21.3. The summed E-state index contributed by atoms with van der Waals surface area (Å²) in [6.45, 7) is 6.80. The maximum atomic E-state index is 13.2. The van der Waals surface area contributed by atoms with Gasteiger partial charge in [0.1, 0.15) is 17.5 Å². The Bertz CT molecular complexity index is 1220. The zero-order valence-corrected chi connectivity index (χ0v) is 22.0. The lowest BCUT2D eigenvalue weighted by Gasteiger charge is -2.43. The van der Waals surface area contributed by atoms with Crippen molar-refractivity contribution in [2.24, 2.45) is 0 Å². The van der Waals surface area contributed by atoms with Crippen molar-refractivity contribution in [1.82, 2.24) is 20.1 Å². The van der Waals surface area contributed by atoms with Gasteiger partial charge in [0.15, 0.2) is 0 Å². The molecule has 9 heteroatoms. The van der Waals surface area contributed by atoms with Crippen LogP contribution in [0.4, 0.5) is 14.6 Å². The number of anilines is 1. The summed E-state index contributed by atoms with van der Waals surface area (Å²) < 4.78 is 26.2. The standard InChI is InChI=1S/C29H32ClF2N5O/c30-27-17-23(29(38)34-18-21-1-5-24(31)6-2-21)19-33-28(27)37-15-13-36(14-16-37)26-9-11-35(12-10-26)20-22-3-7-25(32)8-4-22/h1-8,17,19,26H,9-16,18,20H2,(H,34,38). The largest absolute Gasteiger partial charge is 0.353 e. The van der Waals surface area contributed by atoms with Crippen molar-refractivity contribution >= 4 is 23.3 Å². The Kier molecular flexibility index (Phi) is 8.51. The summed E-state index contributed by atoms with van der Waals surface area (Å²) in [6.07, 6.45) is 3.81. The average Bonchev–Trinajstić information content (AvgIpc) is 2.94. The van der Waals surface area contributed by atoms with Crippen LogP contribution in [0.15, 0.2) is 60.8 Å². The fraction of sp³-hybridized carbons (Fsp3) is 0.379. The van der Waals surface area contributed by atoms with Gasteiger partial charge in [-0.15, -0.1) is 0 Å². The number of rotatable bonds is 7. The first-order valence-corrected chi connectivity index (χ1v) is 13.5. The number of piperidine rings is 1. The first kappa shape index (κ1) is 26.5. The van der Waals surface area contributed by atoms with E-state index in [0.29, 0.717) is 29.0 Å². The molecule has 0 spiro atoms. The maximum Gasteiger partial charge on any atom is 0.253 e. The molecule has 1 amide bonds. The molecule has 2 saturated heterocycles. The molecule has 6 nitrogen and oxygen atoms in total. The number of pyridine rings is 1. The first-order chi connectivity index (χ1) is 18.4. The van der Waals surface area contributed by atoms with Crippen molar-refractivity contribution in [3.8, 4) is 0 Å². The van der Waals surface area contributed by atoms with Crippen molar-refractivity contribution in [1.29, 1.82) is 0 Å². The van der Waals surface area contributed by atoms with Gasteiger partial charge in [0.05, 0.1) is 10.6 Å². The minimum Gasteiger partial charge on any atom is -0.353 e. The molecule has 0 saturated carbocycles. The molecule has 0 aliphatic carbocycles. The van der Waals surface area contributed by atoms with Crippen LogP contribution in [-0.4, -0.2) is 66.0 Å². The highest BCUT2D eigenvalue weighted by atomic mass is 35.5. The minimum absolute atomic E-state index is 0.192. The second-order valence-electron chi connectivity index (χ2n) is 10.00. The molecule has 200 valence electrons. The number of aromatic nitrogens is 1. The quantitative estimate of drug-likeness (QED) is 0.470. The Morgan fingerprint density at radius 2 is 1.50 bits per heavy atom. The van der Waals surface area contributed by atoms with E-state index in [1.54, 1.807) is 24.4 Å². The van der Waals surface area contributed by atoms with E-state index in [-0.39, 0.29) is 17.5 Å². The number of amides is 1. The van der Waals surface area contributed by atoms with Crippen LogP contribution in [-0.2, 0) is 13.1 Å². The summed E-state index contributed by atoms with van der Waals surface area (Å²) in [4.78, 5) is 24.3. The lowest BCUT2D eigenvalue weighted by atomic mass is 10.0. The van der Waals surface area contributed by atoms with Crippen LogP contribution in [0.5, 0.6) is 0 Å². The molecule has 38 heavy (non-hydrogen) atoms. The van der Waals surface area contributed by atoms with Gasteiger partial charge in [0.25, 0.3) is 5.91 Å². The predicted molar refractivity (Wildman–Crippen MR) is 145 cm³/mol. The zero-order chi connectivity index (χ0) is 26.5. The van der Waals surface area contributed by atoms with Crippen molar-refractivity contribution < 1.29 is 13.6 Å². The molecule has 5 rings (SSSR count). The number of hydrogen-bond donors (Lipinski definition) is 1. The molecule has 0 atom stereocenters. The second kappa shape index (κ2) is 12.2. The van der Waals surface area contributed by atoms with Gasteiger partial charge < -0.3 is 10.2 Å². The van der Waals surface area contributed by atoms with Crippen LogP contribution < -0.4 is 10.2 Å². The molecular weight excluding hydrogens is 508 g/mol. The van der Waals surface area contributed by atoms with Crippen LogP contribution in [0.2, 0.25) is 5.02 Å². The summed E-state index contributed by atoms with van der Waals surface area (Å²) in [7, 11) is 0. The lowest BCUT2D eigenvalue weighted by Crippen LogP contribution is -2.53. The number of hydrogen-bond acceptors (Lipinski definition) is 5. The topological polar surface area (TPSA) is 51.7 Å². The summed E-state index contributed by atoms with van der Waals surface area (Å²) in [6, 6.07) is 15.0. The molecule has 2 aliphatic heterocycles. The number of benzene rings is 2. The molecule has 2 fully saturated rings. The highest BCUT2D eigenvalue weighted by Crippen LogP contribution is 2.27. The number of carbonyl (C=O) groups is 1. The van der Waals surface area contributed by atoms with Crippen molar-refractivity contribution in [2.45, 2.75) is 32.0 Å². The summed E-state index contributed by atoms with van der Waals surface area (Å²) >= 11 is 6.55.